The van der Waals surface area contributed by atoms with Gasteiger partial charge in [-0.05, 0) is 23.7 Å². The van der Waals surface area contributed by atoms with E-state index >= 15 is 0 Å². The quantitative estimate of drug-likeness (QED) is 0.643. The minimum Gasteiger partial charge on any atom is -0.318 e. The van der Waals surface area contributed by atoms with E-state index in [-0.39, 0.29) is 11.6 Å². The summed E-state index contributed by atoms with van der Waals surface area (Å²) < 4.78 is 1.96. The van der Waals surface area contributed by atoms with Gasteiger partial charge in [-0.2, -0.15) is 3.96 Å². The second-order valence-electron chi connectivity index (χ2n) is 3.89. The molecule has 1 aromatic carbocycles. The third kappa shape index (κ3) is 2.72. The molecule has 100 valence electrons. The number of benzene rings is 1. The van der Waals surface area contributed by atoms with E-state index in [0.29, 0.717) is 24.4 Å². The zero-order valence-corrected chi connectivity index (χ0v) is 11.8. The molecular weight excluding hydrogens is 284 g/mol. The summed E-state index contributed by atoms with van der Waals surface area (Å²) in [6.45, 7) is 4.35. The lowest BCUT2D eigenvalue weighted by Crippen LogP contribution is -2.39. The first kappa shape index (κ1) is 13.8. The van der Waals surface area contributed by atoms with E-state index in [1.807, 2.05) is 12.1 Å². The number of fused-ring (bicyclic) bond motifs is 1. The van der Waals surface area contributed by atoms with Crippen molar-refractivity contribution in [2.24, 2.45) is 0 Å². The fourth-order valence-corrected chi connectivity index (χ4v) is 2.92. The molecule has 0 saturated carbocycles. The van der Waals surface area contributed by atoms with Crippen molar-refractivity contribution in [2.45, 2.75) is 0 Å². The predicted molar refractivity (Wildman–Crippen MR) is 79.4 cm³/mol. The van der Waals surface area contributed by atoms with E-state index < -0.39 is 0 Å². The van der Waals surface area contributed by atoms with Crippen LogP contribution in [0.5, 0.6) is 0 Å². The molecule has 2 rings (SSSR count). The molecule has 2 aromatic rings. The molecular formula is C13H13ClN2O2S. The minimum atomic E-state index is -0.355. The van der Waals surface area contributed by atoms with Crippen LogP contribution >= 0.6 is 23.1 Å². The van der Waals surface area contributed by atoms with E-state index in [0.717, 1.165) is 16.2 Å². The highest BCUT2D eigenvalue weighted by Gasteiger charge is 2.18. The average molecular weight is 297 g/mol. The van der Waals surface area contributed by atoms with Gasteiger partial charge in [0.15, 0.2) is 0 Å². The van der Waals surface area contributed by atoms with Gasteiger partial charge >= 0.3 is 6.03 Å². The third-order valence-corrected chi connectivity index (χ3v) is 3.87. The van der Waals surface area contributed by atoms with Crippen LogP contribution < -0.4 is 5.56 Å². The Balaban J connectivity index is 2.42. The Morgan fingerprint density at radius 3 is 2.84 bits per heavy atom. The number of hydrogen-bond acceptors (Lipinski definition) is 3. The summed E-state index contributed by atoms with van der Waals surface area (Å²) in [5.74, 6) is 0.319. The Morgan fingerprint density at radius 1 is 1.47 bits per heavy atom. The van der Waals surface area contributed by atoms with Crippen molar-refractivity contribution >= 4 is 39.3 Å². The molecule has 1 amide bonds. The normalized spacial score (nSPS) is 10.6. The SMILES string of the molecule is C=CCN(CCCl)C(=O)n1sc2ccccc2c1=O. The molecule has 0 N–H and O–H groups in total. The van der Waals surface area contributed by atoms with Crippen LogP contribution in [-0.2, 0) is 0 Å². The lowest BCUT2D eigenvalue weighted by atomic mass is 10.3. The van der Waals surface area contributed by atoms with Crippen molar-refractivity contribution in [1.29, 1.82) is 0 Å². The summed E-state index contributed by atoms with van der Waals surface area (Å²) in [5.41, 5.74) is -0.283. The molecule has 0 aliphatic carbocycles. The molecule has 0 unspecified atom stereocenters. The fraction of sp³-hybridized carbons (Fsp3) is 0.231. The van der Waals surface area contributed by atoms with Crippen LogP contribution in [0.4, 0.5) is 4.79 Å². The molecule has 4 nitrogen and oxygen atoms in total. The van der Waals surface area contributed by atoms with E-state index in [4.69, 9.17) is 11.6 Å². The van der Waals surface area contributed by atoms with Gasteiger partial charge in [0.25, 0.3) is 5.56 Å². The molecule has 0 spiro atoms. The lowest BCUT2D eigenvalue weighted by molar-refractivity contribution is 0.209. The van der Waals surface area contributed by atoms with E-state index in [9.17, 15) is 9.59 Å². The second-order valence-corrected chi connectivity index (χ2v) is 5.26. The average Bonchev–Trinajstić information content (AvgIpc) is 2.76. The molecule has 0 radical (unpaired) electrons. The number of nitrogens with zero attached hydrogens (tertiary/aromatic N) is 2. The third-order valence-electron chi connectivity index (χ3n) is 2.64. The van der Waals surface area contributed by atoms with Crippen LogP contribution in [0.2, 0.25) is 0 Å². The fourth-order valence-electron chi connectivity index (χ4n) is 1.75. The van der Waals surface area contributed by atoms with Gasteiger partial charge in [-0.15, -0.1) is 18.2 Å². The highest BCUT2D eigenvalue weighted by atomic mass is 35.5. The molecule has 0 fully saturated rings. The van der Waals surface area contributed by atoms with Crippen LogP contribution in [-0.4, -0.2) is 33.9 Å². The van der Waals surface area contributed by atoms with Crippen molar-refractivity contribution in [3.8, 4) is 0 Å². The summed E-state index contributed by atoms with van der Waals surface area (Å²) in [5, 5.41) is 0.560. The first-order valence-corrected chi connectivity index (χ1v) is 7.07. The van der Waals surface area contributed by atoms with Gasteiger partial charge in [-0.25, -0.2) is 4.79 Å². The van der Waals surface area contributed by atoms with Crippen LogP contribution in [0.3, 0.4) is 0 Å². The van der Waals surface area contributed by atoms with E-state index in [2.05, 4.69) is 6.58 Å². The molecule has 6 heteroatoms. The number of aromatic nitrogens is 1. The summed E-state index contributed by atoms with van der Waals surface area (Å²) >= 11 is 6.82. The molecule has 0 saturated heterocycles. The Morgan fingerprint density at radius 2 is 2.21 bits per heavy atom. The first-order chi connectivity index (χ1) is 9.19. The van der Waals surface area contributed by atoms with Gasteiger partial charge < -0.3 is 4.90 Å². The van der Waals surface area contributed by atoms with Crippen LogP contribution in [0, 0.1) is 0 Å². The second kappa shape index (κ2) is 6.04. The molecule has 0 bridgehead atoms. The Labute approximate surface area is 119 Å². The predicted octanol–water partition coefficient (Wildman–Crippen LogP) is 2.76. The molecule has 0 aliphatic rings. The van der Waals surface area contributed by atoms with E-state index in [1.54, 1.807) is 18.2 Å². The van der Waals surface area contributed by atoms with Crippen LogP contribution in [0.25, 0.3) is 10.1 Å². The number of hydrogen-bond donors (Lipinski definition) is 0. The summed E-state index contributed by atoms with van der Waals surface area (Å²) in [6.07, 6.45) is 1.61. The number of amides is 1. The monoisotopic (exact) mass is 296 g/mol. The maximum absolute atomic E-state index is 12.3. The molecule has 19 heavy (non-hydrogen) atoms. The maximum Gasteiger partial charge on any atom is 0.341 e. The number of carbonyl (C=O) groups is 1. The highest BCUT2D eigenvalue weighted by molar-refractivity contribution is 7.14. The topological polar surface area (TPSA) is 42.3 Å². The van der Waals surface area contributed by atoms with Crippen LogP contribution in [0.15, 0.2) is 41.7 Å². The minimum absolute atomic E-state index is 0.283. The van der Waals surface area contributed by atoms with Crippen molar-refractivity contribution < 1.29 is 4.79 Å². The Kier molecular flexibility index (Phi) is 4.39. The lowest BCUT2D eigenvalue weighted by Gasteiger charge is -2.18. The largest absolute Gasteiger partial charge is 0.341 e. The van der Waals surface area contributed by atoms with Crippen molar-refractivity contribution in [3.05, 3.63) is 47.3 Å². The maximum atomic E-state index is 12.3. The van der Waals surface area contributed by atoms with E-state index in [1.165, 1.54) is 8.86 Å². The number of rotatable bonds is 4. The van der Waals surface area contributed by atoms with Gasteiger partial charge in [0.2, 0.25) is 0 Å². The van der Waals surface area contributed by atoms with Gasteiger partial charge in [0.1, 0.15) is 0 Å². The zero-order valence-electron chi connectivity index (χ0n) is 10.2. The standard InChI is InChI=1S/C13H13ClN2O2S/c1-2-8-15(9-7-14)13(18)16-12(17)10-5-3-4-6-11(10)19-16/h2-6H,1,7-9H2. The summed E-state index contributed by atoms with van der Waals surface area (Å²) in [7, 11) is 0. The van der Waals surface area contributed by atoms with Gasteiger partial charge in [0.05, 0.1) is 10.1 Å². The van der Waals surface area contributed by atoms with Gasteiger partial charge in [-0.1, -0.05) is 18.2 Å². The van der Waals surface area contributed by atoms with Crippen molar-refractivity contribution in [1.82, 2.24) is 8.86 Å². The smallest absolute Gasteiger partial charge is 0.318 e. The molecule has 1 aromatic heterocycles. The Hall–Kier alpha value is -1.59. The molecule has 0 aliphatic heterocycles. The highest BCUT2D eigenvalue weighted by Crippen LogP contribution is 2.16. The molecule has 0 atom stereocenters. The summed E-state index contributed by atoms with van der Waals surface area (Å²) in [6, 6.07) is 6.81. The number of carbonyl (C=O) groups excluding carboxylic acids is 1. The first-order valence-electron chi connectivity index (χ1n) is 5.76. The van der Waals surface area contributed by atoms with Gasteiger partial charge in [0, 0.05) is 19.0 Å². The van der Waals surface area contributed by atoms with Crippen LogP contribution in [0.1, 0.15) is 0 Å². The van der Waals surface area contributed by atoms with Crippen molar-refractivity contribution in [2.75, 3.05) is 19.0 Å². The molecule has 1 heterocycles. The number of alkyl halides is 1. The zero-order chi connectivity index (χ0) is 13.8. The number of halogens is 1. The van der Waals surface area contributed by atoms with Gasteiger partial charge in [-0.3, -0.25) is 4.79 Å². The summed E-state index contributed by atoms with van der Waals surface area (Å²) in [4.78, 5) is 26.0. The Bertz CT molecular complexity index is 662. The van der Waals surface area contributed by atoms with Crippen molar-refractivity contribution in [3.63, 3.8) is 0 Å².